The van der Waals surface area contributed by atoms with E-state index >= 15 is 0 Å². The fraction of sp³-hybridized carbons (Fsp3) is 0.556. The first-order valence-electron chi connectivity index (χ1n) is 8.41. The average molecular weight is 479 g/mol. The summed E-state index contributed by atoms with van der Waals surface area (Å²) in [7, 11) is 3.60. The number of amides is 1. The Hall–Kier alpha value is -1.58. The van der Waals surface area contributed by atoms with Crippen LogP contribution >= 0.6 is 24.0 Å². The molecule has 8 heteroatoms. The molecule has 26 heavy (non-hydrogen) atoms. The molecule has 0 saturated heterocycles. The third kappa shape index (κ3) is 9.21. The zero-order valence-corrected chi connectivity index (χ0v) is 18.8. The summed E-state index contributed by atoms with van der Waals surface area (Å²) in [5.74, 6) is 0.128. The molecule has 1 aromatic rings. The number of carbonyl (C=O) groups excluding carboxylic acids is 1. The van der Waals surface area contributed by atoms with Gasteiger partial charge in [0.15, 0.2) is 5.96 Å². The fourth-order valence-corrected chi connectivity index (χ4v) is 2.15. The van der Waals surface area contributed by atoms with E-state index in [1.807, 2.05) is 33.8 Å². The predicted octanol–water partition coefficient (Wildman–Crippen LogP) is 2.48. The standard InChI is InChI=1S/C18H30FN5O.HI/c1-7-20-17(22-12-16(25)23-18(2,3)4)21-11-13-8-9-15(24(5)6)14(19)10-13;/h8-10H,7,11-12H2,1-6H3,(H,23,25)(H2,20,21,22);1H. The first kappa shape index (κ1) is 24.4. The van der Waals surface area contributed by atoms with Gasteiger partial charge in [-0.15, -0.1) is 24.0 Å². The maximum absolute atomic E-state index is 14.0. The van der Waals surface area contributed by atoms with Gasteiger partial charge in [-0.1, -0.05) is 6.07 Å². The van der Waals surface area contributed by atoms with Crippen molar-refractivity contribution in [3.63, 3.8) is 0 Å². The highest BCUT2D eigenvalue weighted by Gasteiger charge is 2.13. The van der Waals surface area contributed by atoms with Crippen LogP contribution in [0.1, 0.15) is 33.3 Å². The van der Waals surface area contributed by atoms with E-state index in [1.165, 1.54) is 6.07 Å². The number of halogens is 2. The van der Waals surface area contributed by atoms with Crippen LogP contribution in [0.2, 0.25) is 0 Å². The van der Waals surface area contributed by atoms with Crippen LogP contribution in [0.15, 0.2) is 23.2 Å². The first-order valence-corrected chi connectivity index (χ1v) is 8.41. The molecule has 148 valence electrons. The number of rotatable bonds is 6. The van der Waals surface area contributed by atoms with Crippen LogP contribution in [-0.4, -0.2) is 44.6 Å². The summed E-state index contributed by atoms with van der Waals surface area (Å²) in [6.45, 7) is 8.83. The van der Waals surface area contributed by atoms with E-state index < -0.39 is 0 Å². The second-order valence-corrected chi connectivity index (χ2v) is 7.03. The van der Waals surface area contributed by atoms with E-state index in [4.69, 9.17) is 0 Å². The molecule has 3 N–H and O–H groups in total. The van der Waals surface area contributed by atoms with E-state index in [0.717, 1.165) is 5.56 Å². The highest BCUT2D eigenvalue weighted by Crippen LogP contribution is 2.18. The van der Waals surface area contributed by atoms with Crippen molar-refractivity contribution in [3.8, 4) is 0 Å². The van der Waals surface area contributed by atoms with Crippen molar-refractivity contribution in [2.75, 3.05) is 32.1 Å². The smallest absolute Gasteiger partial charge is 0.239 e. The van der Waals surface area contributed by atoms with Crippen LogP contribution in [0.3, 0.4) is 0 Å². The largest absolute Gasteiger partial charge is 0.375 e. The van der Waals surface area contributed by atoms with Gasteiger partial charge in [-0.05, 0) is 45.4 Å². The molecule has 1 aromatic carbocycles. The van der Waals surface area contributed by atoms with Gasteiger partial charge in [0.2, 0.25) is 5.91 Å². The second kappa shape index (κ2) is 11.2. The normalized spacial score (nSPS) is 11.4. The number of hydrogen-bond donors (Lipinski definition) is 3. The Balaban J connectivity index is 0.00000625. The Morgan fingerprint density at radius 3 is 2.38 bits per heavy atom. The van der Waals surface area contributed by atoms with Crippen LogP contribution < -0.4 is 20.9 Å². The zero-order valence-electron chi connectivity index (χ0n) is 16.4. The second-order valence-electron chi connectivity index (χ2n) is 7.03. The lowest BCUT2D eigenvalue weighted by molar-refractivity contribution is -0.121. The van der Waals surface area contributed by atoms with Gasteiger partial charge < -0.3 is 20.9 Å². The van der Waals surface area contributed by atoms with Gasteiger partial charge >= 0.3 is 0 Å². The Morgan fingerprint density at radius 2 is 1.88 bits per heavy atom. The quantitative estimate of drug-likeness (QED) is 0.333. The third-order valence-corrected chi connectivity index (χ3v) is 3.19. The van der Waals surface area contributed by atoms with Gasteiger partial charge in [0.25, 0.3) is 0 Å². The van der Waals surface area contributed by atoms with Gasteiger partial charge in [-0.25, -0.2) is 9.38 Å². The molecule has 0 unspecified atom stereocenters. The number of hydrogen-bond acceptors (Lipinski definition) is 3. The molecule has 0 bridgehead atoms. The summed E-state index contributed by atoms with van der Waals surface area (Å²) in [5, 5.41) is 8.93. The van der Waals surface area contributed by atoms with Gasteiger partial charge in [-0.2, -0.15) is 0 Å². The van der Waals surface area contributed by atoms with Crippen LogP contribution in [-0.2, 0) is 11.3 Å². The maximum atomic E-state index is 14.0. The minimum absolute atomic E-state index is 0. The summed E-state index contributed by atoms with van der Waals surface area (Å²) < 4.78 is 14.0. The lowest BCUT2D eigenvalue weighted by atomic mass is 10.1. The maximum Gasteiger partial charge on any atom is 0.239 e. The van der Waals surface area contributed by atoms with Crippen molar-refractivity contribution >= 4 is 41.5 Å². The van der Waals surface area contributed by atoms with E-state index in [1.54, 1.807) is 25.1 Å². The monoisotopic (exact) mass is 479 g/mol. The molecule has 0 saturated carbocycles. The van der Waals surface area contributed by atoms with Crippen molar-refractivity contribution in [1.29, 1.82) is 0 Å². The summed E-state index contributed by atoms with van der Waals surface area (Å²) >= 11 is 0. The Morgan fingerprint density at radius 1 is 1.23 bits per heavy atom. The molecule has 0 heterocycles. The summed E-state index contributed by atoms with van der Waals surface area (Å²) in [4.78, 5) is 18.0. The molecule has 0 aromatic heterocycles. The van der Waals surface area contributed by atoms with Crippen molar-refractivity contribution in [1.82, 2.24) is 16.0 Å². The van der Waals surface area contributed by atoms with Gasteiger partial charge in [-0.3, -0.25) is 4.79 Å². The molecule has 0 atom stereocenters. The molecule has 0 aliphatic rings. The van der Waals surface area contributed by atoms with E-state index in [9.17, 15) is 9.18 Å². The van der Waals surface area contributed by atoms with Crippen LogP contribution in [0.5, 0.6) is 0 Å². The van der Waals surface area contributed by atoms with Crippen molar-refractivity contribution in [2.45, 2.75) is 39.8 Å². The van der Waals surface area contributed by atoms with Crippen LogP contribution in [0, 0.1) is 5.82 Å². The van der Waals surface area contributed by atoms with Gasteiger partial charge in [0, 0.05) is 26.2 Å². The average Bonchev–Trinajstić information content (AvgIpc) is 2.48. The topological polar surface area (TPSA) is 68.8 Å². The predicted molar refractivity (Wildman–Crippen MR) is 117 cm³/mol. The molecule has 0 radical (unpaired) electrons. The number of nitrogens with zero attached hydrogens (tertiary/aromatic N) is 2. The number of benzene rings is 1. The van der Waals surface area contributed by atoms with E-state index in [2.05, 4.69) is 20.9 Å². The Labute approximate surface area is 173 Å². The van der Waals surface area contributed by atoms with Gasteiger partial charge in [0.1, 0.15) is 5.82 Å². The van der Waals surface area contributed by atoms with E-state index in [0.29, 0.717) is 24.7 Å². The molecule has 0 spiro atoms. The summed E-state index contributed by atoms with van der Waals surface area (Å²) in [6, 6.07) is 5.06. The fourth-order valence-electron chi connectivity index (χ4n) is 2.15. The molecule has 1 rings (SSSR count). The van der Waals surface area contributed by atoms with Crippen LogP contribution in [0.25, 0.3) is 0 Å². The first-order chi connectivity index (χ1) is 11.6. The SMILES string of the molecule is CCNC(=NCc1ccc(N(C)C)c(F)c1)NCC(=O)NC(C)(C)C.I. The lowest BCUT2D eigenvalue weighted by Crippen LogP contribution is -2.48. The number of aliphatic imine (C=N–C) groups is 1. The molecule has 0 fully saturated rings. The Bertz CT molecular complexity index is 614. The number of nitrogens with one attached hydrogen (secondary N) is 3. The third-order valence-electron chi connectivity index (χ3n) is 3.19. The molecule has 1 amide bonds. The molecule has 0 aliphatic carbocycles. The molecular formula is C18H31FIN5O. The lowest BCUT2D eigenvalue weighted by Gasteiger charge is -2.21. The zero-order chi connectivity index (χ0) is 19.0. The molecule has 0 aliphatic heterocycles. The molecular weight excluding hydrogens is 448 g/mol. The van der Waals surface area contributed by atoms with Gasteiger partial charge in [0.05, 0.1) is 18.8 Å². The van der Waals surface area contributed by atoms with Crippen molar-refractivity contribution in [3.05, 3.63) is 29.6 Å². The van der Waals surface area contributed by atoms with Crippen molar-refractivity contribution in [2.24, 2.45) is 4.99 Å². The number of carbonyl (C=O) groups is 1. The summed E-state index contributed by atoms with van der Waals surface area (Å²) in [6.07, 6.45) is 0. The highest BCUT2D eigenvalue weighted by molar-refractivity contribution is 14.0. The van der Waals surface area contributed by atoms with E-state index in [-0.39, 0.29) is 47.8 Å². The van der Waals surface area contributed by atoms with Crippen molar-refractivity contribution < 1.29 is 9.18 Å². The summed E-state index contributed by atoms with van der Waals surface area (Å²) in [5.41, 5.74) is 1.02. The number of guanidine groups is 1. The number of anilines is 1. The molecule has 6 nitrogen and oxygen atoms in total. The minimum Gasteiger partial charge on any atom is -0.375 e. The minimum atomic E-state index is -0.278. The highest BCUT2D eigenvalue weighted by atomic mass is 127. The Kier molecular flexibility index (Phi) is 10.5. The van der Waals surface area contributed by atoms with Crippen LogP contribution in [0.4, 0.5) is 10.1 Å².